The van der Waals surface area contributed by atoms with Crippen LogP contribution in [-0.2, 0) is 25.0 Å². The molecular formula is C28H30Cl2N7O12Ru+. The van der Waals surface area contributed by atoms with Crippen LogP contribution in [0.15, 0.2) is 122 Å². The molecule has 6 rings (SSSR count). The topological polar surface area (TPSA) is 405 Å². The van der Waals surface area contributed by atoms with Crippen LogP contribution in [0.25, 0.3) is 45.6 Å². The van der Waals surface area contributed by atoms with E-state index in [0.29, 0.717) is 0 Å². The van der Waals surface area contributed by atoms with E-state index in [2.05, 4.69) is 35.1 Å². The van der Waals surface area contributed by atoms with Gasteiger partial charge >= 0.3 is 19.5 Å². The number of nitrogens with zero attached hydrogens (tertiary/aromatic N) is 6. The molecule has 22 heteroatoms. The molecule has 0 atom stereocenters. The predicted octanol–water partition coefficient (Wildman–Crippen LogP) is -7.17. The standard InChI is InChI=1S/C15H11N3.C13H10N4.2ClHO4.4H2O.Ru/c1-3-10-16-12(6-1)14-8-5-9-15(18-14)13-7-2-4-11-17-13;1-3-7-14-10(5-1)12-9-13(17-16-12)11-6-2-4-8-15-11;2*2-1(3,4)5;;;;;/h1-11H;1-9H,(H,16,17);2*(H,2,3,4,5);4*1H2;/q;;;;;;;;+2/p-1. The molecule has 6 aromatic heterocycles. The molecule has 0 aliphatic carbocycles. The SMILES string of the molecule is O.O.O.[O-][Cl+3]([O-])([O-])[O-].[O-][Cl+3]([O-])([O-])[O-].[OH3+].[Ru+2].c1ccc(-c2cc(-c3ccccn3)[nH]n2)nc1.c1ccc(-c2cccc(-c3ccccn3)n2)nc1. The van der Waals surface area contributed by atoms with Crippen LogP contribution in [0.2, 0.25) is 0 Å². The molecule has 0 amide bonds. The molecule has 10 N–H and O–H groups in total. The Labute approximate surface area is 300 Å². The fraction of sp³-hybridized carbons (Fsp3) is 0. The summed E-state index contributed by atoms with van der Waals surface area (Å²) < 4.78 is 67.9. The predicted molar refractivity (Wildman–Crippen MR) is 151 cm³/mol. The molecule has 0 radical (unpaired) electrons. The van der Waals surface area contributed by atoms with Gasteiger partial charge in [-0.2, -0.15) is 5.10 Å². The molecule has 0 fully saturated rings. The summed E-state index contributed by atoms with van der Waals surface area (Å²) in [6, 6.07) is 31.0. The molecule has 0 bridgehead atoms. The maximum absolute atomic E-state index is 8.49. The van der Waals surface area contributed by atoms with E-state index in [1.807, 2.05) is 97.1 Å². The van der Waals surface area contributed by atoms with Gasteiger partial charge in [-0.05, 0) is 66.7 Å². The first-order chi connectivity index (χ1) is 21.4. The number of halogens is 2. The van der Waals surface area contributed by atoms with Crippen LogP contribution in [0, 0.1) is 20.5 Å². The van der Waals surface area contributed by atoms with Gasteiger partial charge in [-0.25, -0.2) is 42.3 Å². The maximum Gasteiger partial charge on any atom is 2.00 e. The van der Waals surface area contributed by atoms with Gasteiger partial charge in [-0.3, -0.25) is 25.0 Å². The fourth-order valence-electron chi connectivity index (χ4n) is 3.37. The third-order valence-corrected chi connectivity index (χ3v) is 5.05. The summed E-state index contributed by atoms with van der Waals surface area (Å²) in [5.41, 5.74) is 6.91. The van der Waals surface area contributed by atoms with E-state index in [9.17, 15) is 0 Å². The summed E-state index contributed by atoms with van der Waals surface area (Å²) >= 11 is 0. The van der Waals surface area contributed by atoms with Crippen molar-refractivity contribution in [3.05, 3.63) is 122 Å². The minimum Gasteiger partial charge on any atom is -0.457 e. The Bertz CT molecular complexity index is 1580. The molecule has 0 aromatic carbocycles. The number of nitrogens with one attached hydrogen (secondary N) is 1. The second-order valence-electron chi connectivity index (χ2n) is 8.19. The summed E-state index contributed by atoms with van der Waals surface area (Å²) in [6.07, 6.45) is 7.05. The minimum atomic E-state index is -4.94. The minimum absolute atomic E-state index is 0. The largest absolute Gasteiger partial charge is 2.00 e. The summed E-state index contributed by atoms with van der Waals surface area (Å²) in [5.74, 6) is 0. The van der Waals surface area contributed by atoms with E-state index in [-0.39, 0.29) is 41.4 Å². The maximum atomic E-state index is 8.49. The Kier molecular flexibility index (Phi) is 24.8. The van der Waals surface area contributed by atoms with Crippen LogP contribution in [0.4, 0.5) is 0 Å². The molecule has 0 spiro atoms. The normalized spacial score (nSPS) is 9.60. The van der Waals surface area contributed by atoms with Crippen molar-refractivity contribution >= 4 is 0 Å². The van der Waals surface area contributed by atoms with Crippen molar-refractivity contribution in [2.45, 2.75) is 0 Å². The number of H-pyrrole nitrogens is 1. The van der Waals surface area contributed by atoms with Crippen molar-refractivity contribution in [2.75, 3.05) is 0 Å². The van der Waals surface area contributed by atoms with Gasteiger partial charge in [-0.15, -0.1) is 20.5 Å². The molecule has 50 heavy (non-hydrogen) atoms. The second kappa shape index (κ2) is 24.8. The molecule has 19 nitrogen and oxygen atoms in total. The number of aromatic nitrogens is 7. The van der Waals surface area contributed by atoms with Crippen LogP contribution in [0.5, 0.6) is 0 Å². The Hall–Kier alpha value is -4.32. The Morgan fingerprint density at radius 1 is 0.420 bits per heavy atom. The van der Waals surface area contributed by atoms with Crippen molar-refractivity contribution in [3.8, 4) is 45.6 Å². The second-order valence-corrected chi connectivity index (χ2v) is 9.70. The van der Waals surface area contributed by atoms with Gasteiger partial charge in [0.15, 0.2) is 0 Å². The molecule has 0 aliphatic rings. The van der Waals surface area contributed by atoms with E-state index in [4.69, 9.17) is 37.3 Å². The van der Waals surface area contributed by atoms with Gasteiger partial charge in [0, 0.05) is 24.8 Å². The van der Waals surface area contributed by atoms with E-state index in [1.54, 1.807) is 24.8 Å². The zero-order chi connectivity index (χ0) is 32.7. The number of aromatic amines is 1. The van der Waals surface area contributed by atoms with Gasteiger partial charge in [0.2, 0.25) is 0 Å². The average Bonchev–Trinajstić information content (AvgIpc) is 3.52. The Morgan fingerprint density at radius 3 is 1.04 bits per heavy atom. The first-order valence-electron chi connectivity index (χ1n) is 12.3. The molecular weight excluding hydrogens is 798 g/mol. The molecule has 0 saturated heterocycles. The zero-order valence-electron chi connectivity index (χ0n) is 25.2. The quantitative estimate of drug-likeness (QED) is 0.127. The van der Waals surface area contributed by atoms with Gasteiger partial charge in [-0.1, -0.05) is 30.3 Å². The van der Waals surface area contributed by atoms with Crippen molar-refractivity contribution in [3.63, 3.8) is 0 Å². The third-order valence-electron chi connectivity index (χ3n) is 5.05. The van der Waals surface area contributed by atoms with Crippen molar-refractivity contribution < 1.29 is 99.1 Å². The van der Waals surface area contributed by atoms with Crippen molar-refractivity contribution in [2.24, 2.45) is 0 Å². The Balaban J connectivity index is -0.000000648. The average molecular weight is 829 g/mol. The summed E-state index contributed by atoms with van der Waals surface area (Å²) in [5, 5.41) is 7.20. The number of hydrogen-bond donors (Lipinski definition) is 1. The first kappa shape index (κ1) is 50.1. The molecule has 0 aliphatic heterocycles. The third kappa shape index (κ3) is 20.3. The zero-order valence-corrected chi connectivity index (χ0v) is 28.4. The first-order valence-corrected chi connectivity index (χ1v) is 14.8. The van der Waals surface area contributed by atoms with Crippen LogP contribution < -0.4 is 37.3 Å². The number of rotatable bonds is 4. The van der Waals surface area contributed by atoms with E-state index < -0.39 is 20.5 Å². The van der Waals surface area contributed by atoms with Gasteiger partial charge in [0.05, 0.1) is 39.9 Å². The molecule has 0 saturated carbocycles. The molecule has 0 unspecified atom stereocenters. The van der Waals surface area contributed by atoms with Crippen LogP contribution in [0.1, 0.15) is 0 Å². The molecule has 6 aromatic rings. The van der Waals surface area contributed by atoms with Crippen LogP contribution >= 0.6 is 0 Å². The van der Waals surface area contributed by atoms with Crippen LogP contribution in [0.3, 0.4) is 0 Å². The smallest absolute Gasteiger partial charge is 0.457 e. The Morgan fingerprint density at radius 2 is 0.720 bits per heavy atom. The monoisotopic (exact) mass is 828 g/mol. The summed E-state index contributed by atoms with van der Waals surface area (Å²) in [4.78, 5) is 21.7. The molecule has 6 heterocycles. The van der Waals surface area contributed by atoms with Gasteiger partial charge < -0.3 is 21.9 Å². The van der Waals surface area contributed by atoms with Crippen molar-refractivity contribution in [1.29, 1.82) is 0 Å². The van der Waals surface area contributed by atoms with E-state index >= 15 is 0 Å². The van der Waals surface area contributed by atoms with Gasteiger partial charge in [0.25, 0.3) is 0 Å². The summed E-state index contributed by atoms with van der Waals surface area (Å²) in [7, 11) is -9.89. The van der Waals surface area contributed by atoms with Crippen LogP contribution in [-0.4, -0.2) is 51.5 Å². The van der Waals surface area contributed by atoms with E-state index in [0.717, 1.165) is 45.6 Å². The van der Waals surface area contributed by atoms with Crippen molar-refractivity contribution in [1.82, 2.24) is 35.1 Å². The number of pyridine rings is 5. The summed E-state index contributed by atoms with van der Waals surface area (Å²) in [6.45, 7) is 0. The van der Waals surface area contributed by atoms with E-state index in [1.165, 1.54) is 0 Å². The van der Waals surface area contributed by atoms with Gasteiger partial charge in [0.1, 0.15) is 5.69 Å². The fourth-order valence-corrected chi connectivity index (χ4v) is 3.37. The number of hydrogen-bond acceptors (Lipinski definition) is 14. The molecule has 270 valence electrons.